The Balaban J connectivity index is 2.52. The minimum Gasteiger partial charge on any atom is -0.480 e. The van der Waals surface area contributed by atoms with Gasteiger partial charge in [-0.2, -0.15) is 12.6 Å². The summed E-state index contributed by atoms with van der Waals surface area (Å²) in [6, 6.07) is -2.33. The molecular formula is C14H26N6O4S. The Hall–Kier alpha value is -2.01. The van der Waals surface area contributed by atoms with Crippen molar-refractivity contribution in [3.63, 3.8) is 0 Å². The molecule has 2 amide bonds. The number of guanidine groups is 1. The third kappa shape index (κ3) is 7.61. The summed E-state index contributed by atoms with van der Waals surface area (Å²) < 4.78 is 0. The molecule has 1 fully saturated rings. The number of nitrogens with one attached hydrogen (secondary N) is 3. The monoisotopic (exact) mass is 374 g/mol. The summed E-state index contributed by atoms with van der Waals surface area (Å²) in [7, 11) is 0. The molecule has 0 saturated carbocycles. The number of rotatable bonds is 10. The van der Waals surface area contributed by atoms with E-state index in [0.29, 0.717) is 12.8 Å². The van der Waals surface area contributed by atoms with Crippen LogP contribution in [0.5, 0.6) is 0 Å². The van der Waals surface area contributed by atoms with Gasteiger partial charge in [0.15, 0.2) is 5.96 Å². The van der Waals surface area contributed by atoms with Crippen molar-refractivity contribution >= 4 is 36.4 Å². The number of carbonyl (C=O) groups excluding carboxylic acids is 2. The van der Waals surface area contributed by atoms with Crippen LogP contribution in [0, 0.1) is 0 Å². The molecule has 1 aliphatic rings. The number of hydrogen-bond acceptors (Lipinski definition) is 6. The Bertz CT molecular complexity index is 506. The maximum atomic E-state index is 12.3. The van der Waals surface area contributed by atoms with Gasteiger partial charge in [0.25, 0.3) is 0 Å². The predicted molar refractivity (Wildman–Crippen MR) is 96.3 cm³/mol. The molecule has 11 heteroatoms. The zero-order chi connectivity index (χ0) is 18.8. The summed E-state index contributed by atoms with van der Waals surface area (Å²) in [5, 5.41) is 17.3. The number of nitrogens with zero attached hydrogens (tertiary/aromatic N) is 1. The summed E-state index contributed by atoms with van der Waals surface area (Å²) in [5.74, 6) is -2.05. The molecule has 3 unspecified atom stereocenters. The van der Waals surface area contributed by atoms with E-state index in [1.54, 1.807) is 0 Å². The standard InChI is InChI=1S/C14H26N6O4S/c15-14(16)18-6-2-4-9(13(23)24)19-12(22)10(7-25)20-11(21)8-3-1-5-17-8/h8-10,17,25H,1-7H2,(H,19,22)(H,20,21)(H,23,24)(H4,15,16,18). The molecule has 0 aliphatic carbocycles. The van der Waals surface area contributed by atoms with Gasteiger partial charge in [-0.1, -0.05) is 0 Å². The van der Waals surface area contributed by atoms with Crippen molar-refractivity contribution < 1.29 is 19.5 Å². The normalized spacial score (nSPS) is 18.8. The number of amides is 2. The van der Waals surface area contributed by atoms with Crippen LogP contribution in [0.15, 0.2) is 4.99 Å². The summed E-state index contributed by atoms with van der Waals surface area (Å²) in [4.78, 5) is 39.4. The van der Waals surface area contributed by atoms with Gasteiger partial charge in [-0.15, -0.1) is 0 Å². The van der Waals surface area contributed by atoms with E-state index in [4.69, 9.17) is 11.5 Å². The second-order valence-corrected chi connectivity index (χ2v) is 6.11. The van der Waals surface area contributed by atoms with Crippen LogP contribution >= 0.6 is 12.6 Å². The summed E-state index contributed by atoms with van der Waals surface area (Å²) >= 11 is 4.07. The van der Waals surface area contributed by atoms with E-state index < -0.39 is 24.0 Å². The van der Waals surface area contributed by atoms with Crippen LogP contribution in [0.3, 0.4) is 0 Å². The first-order chi connectivity index (χ1) is 11.8. The van der Waals surface area contributed by atoms with Crippen LogP contribution in [0.4, 0.5) is 0 Å². The van der Waals surface area contributed by atoms with Gasteiger partial charge in [-0.3, -0.25) is 14.6 Å². The number of nitrogens with two attached hydrogens (primary N) is 2. The summed E-state index contributed by atoms with van der Waals surface area (Å²) in [6.45, 7) is 1.02. The summed E-state index contributed by atoms with van der Waals surface area (Å²) in [6.07, 6.45) is 2.15. The van der Waals surface area contributed by atoms with Crippen molar-refractivity contribution in [2.45, 2.75) is 43.8 Å². The Morgan fingerprint density at radius 2 is 2.00 bits per heavy atom. The van der Waals surface area contributed by atoms with Gasteiger partial charge in [0.05, 0.1) is 6.04 Å². The quantitative estimate of drug-likeness (QED) is 0.0981. The highest BCUT2D eigenvalue weighted by Crippen LogP contribution is 2.06. The number of aliphatic carboxylic acids is 1. The van der Waals surface area contributed by atoms with Crippen molar-refractivity contribution in [1.82, 2.24) is 16.0 Å². The average Bonchev–Trinajstić information content (AvgIpc) is 3.09. The van der Waals surface area contributed by atoms with Crippen LogP contribution in [0.2, 0.25) is 0 Å². The molecule has 142 valence electrons. The summed E-state index contributed by atoms with van der Waals surface area (Å²) in [5.41, 5.74) is 10.4. The van der Waals surface area contributed by atoms with E-state index >= 15 is 0 Å². The van der Waals surface area contributed by atoms with Crippen molar-refractivity contribution in [3.8, 4) is 0 Å². The van der Waals surface area contributed by atoms with E-state index in [9.17, 15) is 19.5 Å². The predicted octanol–water partition coefficient (Wildman–Crippen LogP) is -2.22. The van der Waals surface area contributed by atoms with E-state index in [0.717, 1.165) is 13.0 Å². The van der Waals surface area contributed by atoms with Gasteiger partial charge in [0.2, 0.25) is 11.8 Å². The zero-order valence-corrected chi connectivity index (χ0v) is 14.8. The molecule has 0 spiro atoms. The molecule has 0 bridgehead atoms. The van der Waals surface area contributed by atoms with Gasteiger partial charge >= 0.3 is 5.97 Å². The lowest BCUT2D eigenvalue weighted by Crippen LogP contribution is -2.55. The lowest BCUT2D eigenvalue weighted by atomic mass is 10.1. The molecule has 1 saturated heterocycles. The average molecular weight is 374 g/mol. The first-order valence-corrected chi connectivity index (χ1v) is 8.71. The Labute approximate surface area is 151 Å². The number of carboxylic acids is 1. The highest BCUT2D eigenvalue weighted by molar-refractivity contribution is 7.80. The smallest absolute Gasteiger partial charge is 0.326 e. The maximum Gasteiger partial charge on any atom is 0.326 e. The minimum atomic E-state index is -1.17. The lowest BCUT2D eigenvalue weighted by molar-refractivity contribution is -0.142. The van der Waals surface area contributed by atoms with Crippen LogP contribution in [-0.4, -0.2) is 65.8 Å². The van der Waals surface area contributed by atoms with Crippen molar-refractivity contribution in [1.29, 1.82) is 0 Å². The second kappa shape index (κ2) is 10.8. The van der Waals surface area contributed by atoms with E-state index in [1.165, 1.54) is 0 Å². The SMILES string of the molecule is NC(N)=NCCCC(NC(=O)C(CS)NC(=O)C1CCCN1)C(=O)O. The highest BCUT2D eigenvalue weighted by atomic mass is 32.1. The zero-order valence-electron chi connectivity index (χ0n) is 13.9. The topological polar surface area (TPSA) is 172 Å². The molecule has 0 radical (unpaired) electrons. The van der Waals surface area contributed by atoms with Gasteiger partial charge in [0.1, 0.15) is 12.1 Å². The number of thiol groups is 1. The first kappa shape index (κ1) is 21.0. The van der Waals surface area contributed by atoms with Crippen molar-refractivity contribution in [2.75, 3.05) is 18.8 Å². The number of carbonyl (C=O) groups is 3. The third-order valence-corrected chi connectivity index (χ3v) is 4.12. The lowest BCUT2D eigenvalue weighted by Gasteiger charge is -2.21. The minimum absolute atomic E-state index is 0.0602. The second-order valence-electron chi connectivity index (χ2n) is 5.74. The Morgan fingerprint density at radius 3 is 2.52 bits per heavy atom. The van der Waals surface area contributed by atoms with E-state index in [-0.39, 0.29) is 36.6 Å². The molecule has 3 atom stereocenters. The maximum absolute atomic E-state index is 12.3. The molecular weight excluding hydrogens is 348 g/mol. The van der Waals surface area contributed by atoms with Crippen LogP contribution < -0.4 is 27.4 Å². The molecule has 0 aromatic heterocycles. The van der Waals surface area contributed by atoms with Gasteiger partial charge < -0.3 is 32.5 Å². The molecule has 1 aliphatic heterocycles. The number of hydrogen-bond donors (Lipinski definition) is 7. The molecule has 1 heterocycles. The fraction of sp³-hybridized carbons (Fsp3) is 0.714. The fourth-order valence-corrected chi connectivity index (χ4v) is 2.67. The van der Waals surface area contributed by atoms with Gasteiger partial charge in [-0.05, 0) is 32.2 Å². The Kier molecular flexibility index (Phi) is 9.06. The van der Waals surface area contributed by atoms with Crippen LogP contribution in [-0.2, 0) is 14.4 Å². The molecule has 0 aromatic carbocycles. The fourth-order valence-electron chi connectivity index (χ4n) is 2.41. The first-order valence-electron chi connectivity index (χ1n) is 8.08. The van der Waals surface area contributed by atoms with Crippen LogP contribution in [0.1, 0.15) is 25.7 Å². The number of carboxylic acid groups (broad SMARTS) is 1. The largest absolute Gasteiger partial charge is 0.480 e. The number of aliphatic imine (C=N–C) groups is 1. The van der Waals surface area contributed by atoms with Gasteiger partial charge in [0, 0.05) is 12.3 Å². The van der Waals surface area contributed by atoms with E-state index in [2.05, 4.69) is 33.6 Å². The van der Waals surface area contributed by atoms with Crippen molar-refractivity contribution in [3.05, 3.63) is 0 Å². The molecule has 1 rings (SSSR count). The third-order valence-electron chi connectivity index (χ3n) is 3.75. The highest BCUT2D eigenvalue weighted by Gasteiger charge is 2.28. The van der Waals surface area contributed by atoms with E-state index in [1.807, 2.05) is 0 Å². The van der Waals surface area contributed by atoms with Gasteiger partial charge in [-0.25, -0.2) is 4.79 Å². The Morgan fingerprint density at radius 1 is 1.28 bits per heavy atom. The van der Waals surface area contributed by atoms with Crippen LogP contribution in [0.25, 0.3) is 0 Å². The molecule has 10 nitrogen and oxygen atoms in total. The molecule has 8 N–H and O–H groups in total. The molecule has 25 heavy (non-hydrogen) atoms. The van der Waals surface area contributed by atoms with Crippen molar-refractivity contribution in [2.24, 2.45) is 16.5 Å². The molecule has 0 aromatic rings.